The molecule has 0 aliphatic carbocycles. The van der Waals surface area contributed by atoms with Gasteiger partial charge in [0.25, 0.3) is 11.8 Å². The minimum Gasteiger partial charge on any atom is -0.474 e. The summed E-state index contributed by atoms with van der Waals surface area (Å²) in [6, 6.07) is 9.57. The molecule has 2 aromatic heterocycles. The zero-order valence-electron chi connectivity index (χ0n) is 29.1. The van der Waals surface area contributed by atoms with Crippen molar-refractivity contribution in [2.24, 2.45) is 0 Å². The van der Waals surface area contributed by atoms with Crippen LogP contribution < -0.4 is 4.74 Å². The first-order valence-corrected chi connectivity index (χ1v) is 20.2. The second-order valence-corrected chi connectivity index (χ2v) is 16.8. The first-order chi connectivity index (χ1) is 24.1. The molecule has 284 valence electrons. The van der Waals surface area contributed by atoms with Gasteiger partial charge in [-0.05, 0) is 68.2 Å². The summed E-state index contributed by atoms with van der Waals surface area (Å²) in [6.07, 6.45) is 1.54. The first-order valence-electron chi connectivity index (χ1n) is 17.3. The number of piperidine rings is 2. The number of ketones is 1. The summed E-state index contributed by atoms with van der Waals surface area (Å²) in [5.74, 6) is -1.37. The second-order valence-electron chi connectivity index (χ2n) is 13.6. The van der Waals surface area contributed by atoms with Gasteiger partial charge in [-0.2, -0.15) is 13.2 Å². The predicted molar refractivity (Wildman–Crippen MR) is 195 cm³/mol. The standard InChI is InChI=1S/C37H44F3N3O6S2.CH4/c1-4-8-33-36(49-29-21-25(2)50-23-29,16-7-18-43(33)34(45)31-22-41-17-13-32(31)37(38,39)40)35(46)42-19-14-27(15-20-42)30-10-6-5-9-26(30)11-12-28(44)24-51(3,47)48;/h5-6,9-10,13,17,21-23,27,33H,4,7-8,11-12,14-16,18-20,24H2,1-3H3;1H4/t33-,36+;/m1./s1. The van der Waals surface area contributed by atoms with E-state index >= 15 is 0 Å². The van der Waals surface area contributed by atoms with Gasteiger partial charge in [-0.25, -0.2) is 8.42 Å². The van der Waals surface area contributed by atoms with Crippen molar-refractivity contribution in [1.82, 2.24) is 14.8 Å². The fraction of sp³-hybridized carbons (Fsp3) is 0.526. The fourth-order valence-corrected chi connectivity index (χ4v) is 8.85. The predicted octanol–water partition coefficient (Wildman–Crippen LogP) is 7.28. The van der Waals surface area contributed by atoms with Gasteiger partial charge in [0.1, 0.15) is 17.3 Å². The Labute approximate surface area is 308 Å². The number of hydrogen-bond donors (Lipinski definition) is 0. The summed E-state index contributed by atoms with van der Waals surface area (Å²) < 4.78 is 72.0. The van der Waals surface area contributed by atoms with E-state index in [1.165, 1.54) is 16.2 Å². The van der Waals surface area contributed by atoms with Gasteiger partial charge < -0.3 is 14.5 Å². The number of hydrogen-bond acceptors (Lipinski definition) is 8. The van der Waals surface area contributed by atoms with E-state index in [1.54, 1.807) is 10.3 Å². The molecule has 0 radical (unpaired) electrons. The van der Waals surface area contributed by atoms with Crippen molar-refractivity contribution < 1.29 is 40.7 Å². The lowest BCUT2D eigenvalue weighted by atomic mass is 9.78. The Morgan fingerprint density at radius 2 is 1.81 bits per heavy atom. The van der Waals surface area contributed by atoms with Gasteiger partial charge >= 0.3 is 6.18 Å². The number of amides is 2. The number of pyridine rings is 1. The first kappa shape index (κ1) is 41.0. The lowest BCUT2D eigenvalue weighted by Crippen LogP contribution is -2.68. The molecule has 0 unspecified atom stereocenters. The van der Waals surface area contributed by atoms with Crippen LogP contribution in [0.15, 0.2) is 54.2 Å². The number of carbonyl (C=O) groups is 3. The molecule has 2 atom stereocenters. The molecule has 2 amide bonds. The number of aromatic nitrogens is 1. The maximum absolute atomic E-state index is 14.9. The summed E-state index contributed by atoms with van der Waals surface area (Å²) in [5, 5.41) is 1.81. The van der Waals surface area contributed by atoms with Crippen molar-refractivity contribution in [3.8, 4) is 5.75 Å². The molecule has 2 saturated heterocycles. The van der Waals surface area contributed by atoms with Crippen LogP contribution in [-0.2, 0) is 32.0 Å². The highest BCUT2D eigenvalue weighted by Crippen LogP contribution is 2.41. The lowest BCUT2D eigenvalue weighted by Gasteiger charge is -2.50. The summed E-state index contributed by atoms with van der Waals surface area (Å²) >= 11 is 1.46. The van der Waals surface area contributed by atoms with Crippen LogP contribution in [-0.4, -0.2) is 84.1 Å². The Morgan fingerprint density at radius 3 is 2.44 bits per heavy atom. The van der Waals surface area contributed by atoms with E-state index in [0.717, 1.165) is 40.7 Å². The van der Waals surface area contributed by atoms with E-state index in [0.29, 0.717) is 63.8 Å². The molecule has 5 rings (SSSR count). The molecule has 1 aromatic carbocycles. The fourth-order valence-electron chi connectivity index (χ4n) is 7.51. The van der Waals surface area contributed by atoms with Crippen LogP contribution in [0.1, 0.15) is 97.1 Å². The topological polar surface area (TPSA) is 114 Å². The summed E-state index contributed by atoms with van der Waals surface area (Å²) in [5.41, 5.74) is -1.13. The molecule has 3 aromatic rings. The molecular weight excluding hydrogens is 716 g/mol. The van der Waals surface area contributed by atoms with Crippen LogP contribution in [0.5, 0.6) is 5.75 Å². The van der Waals surface area contributed by atoms with E-state index in [9.17, 15) is 36.0 Å². The zero-order valence-corrected chi connectivity index (χ0v) is 30.7. The normalized spacial score (nSPS) is 19.9. The molecule has 2 fully saturated rings. The summed E-state index contributed by atoms with van der Waals surface area (Å²) in [7, 11) is -3.41. The number of nitrogens with zero attached hydrogens (tertiary/aromatic N) is 3. The second kappa shape index (κ2) is 16.9. The maximum atomic E-state index is 14.9. The van der Waals surface area contributed by atoms with Crippen LogP contribution in [0.2, 0.25) is 0 Å². The number of ether oxygens (including phenoxy) is 1. The van der Waals surface area contributed by atoms with Gasteiger partial charge in [0.2, 0.25) is 5.60 Å². The number of likely N-dealkylation sites (tertiary alicyclic amines) is 2. The van der Waals surface area contributed by atoms with Crippen molar-refractivity contribution in [2.75, 3.05) is 31.6 Å². The van der Waals surface area contributed by atoms with Crippen molar-refractivity contribution in [2.45, 2.75) is 96.4 Å². The molecule has 0 bridgehead atoms. The van der Waals surface area contributed by atoms with Gasteiger partial charge in [-0.15, -0.1) is 11.3 Å². The van der Waals surface area contributed by atoms with Crippen LogP contribution in [0.25, 0.3) is 0 Å². The van der Waals surface area contributed by atoms with E-state index in [2.05, 4.69) is 4.98 Å². The third-order valence-electron chi connectivity index (χ3n) is 9.78. The molecule has 4 heterocycles. The Morgan fingerprint density at radius 1 is 1.10 bits per heavy atom. The Bertz CT molecular complexity index is 1840. The number of Topliss-reactive ketones (excluding diaryl/α,β-unsaturated/α-hetero) is 1. The highest BCUT2D eigenvalue weighted by atomic mass is 32.2. The number of rotatable bonds is 12. The highest BCUT2D eigenvalue weighted by molar-refractivity contribution is 7.91. The third kappa shape index (κ3) is 9.41. The van der Waals surface area contributed by atoms with E-state index < -0.39 is 50.4 Å². The minimum atomic E-state index is -4.77. The molecule has 9 nitrogen and oxygen atoms in total. The van der Waals surface area contributed by atoms with Crippen molar-refractivity contribution in [1.29, 1.82) is 0 Å². The molecule has 2 aliphatic heterocycles. The number of carbonyl (C=O) groups excluding carboxylic acids is 3. The lowest BCUT2D eigenvalue weighted by molar-refractivity contribution is -0.160. The average molecular weight is 764 g/mol. The third-order valence-corrected chi connectivity index (χ3v) is 11.5. The molecule has 52 heavy (non-hydrogen) atoms. The molecular formula is C38H48F3N3O6S2. The van der Waals surface area contributed by atoms with Crippen molar-refractivity contribution >= 4 is 38.8 Å². The average Bonchev–Trinajstić information content (AvgIpc) is 3.50. The number of sulfone groups is 1. The van der Waals surface area contributed by atoms with Gasteiger partial charge in [-0.3, -0.25) is 19.4 Å². The smallest absolute Gasteiger partial charge is 0.417 e. The number of alkyl halides is 3. The van der Waals surface area contributed by atoms with E-state index in [1.807, 2.05) is 44.2 Å². The number of aryl methyl sites for hydroxylation is 2. The van der Waals surface area contributed by atoms with E-state index in [4.69, 9.17) is 4.74 Å². The summed E-state index contributed by atoms with van der Waals surface area (Å²) in [4.78, 5) is 49.2. The Kier molecular flexibility index (Phi) is 13.3. The summed E-state index contributed by atoms with van der Waals surface area (Å²) in [6.45, 7) is 4.78. The SMILES string of the molecule is C.CCC[C@H]1N(C(=O)c2cnccc2C(F)(F)F)CCC[C@@]1(Oc1csc(C)c1)C(=O)N1CCC(c2ccccc2CCC(=O)CS(C)(=O)=O)CC1. The van der Waals surface area contributed by atoms with Gasteiger partial charge in [0.15, 0.2) is 9.84 Å². The van der Waals surface area contributed by atoms with Crippen LogP contribution in [0.4, 0.5) is 13.2 Å². The maximum Gasteiger partial charge on any atom is 0.417 e. The van der Waals surface area contributed by atoms with Crippen molar-refractivity contribution in [3.63, 3.8) is 0 Å². The van der Waals surface area contributed by atoms with E-state index in [-0.39, 0.29) is 38.0 Å². The zero-order chi connectivity index (χ0) is 37.0. The Balaban J connectivity index is 0.00000605. The number of halogens is 3. The largest absolute Gasteiger partial charge is 0.474 e. The highest BCUT2D eigenvalue weighted by Gasteiger charge is 2.56. The van der Waals surface area contributed by atoms with Gasteiger partial charge in [-0.1, -0.05) is 45.0 Å². The number of benzene rings is 1. The van der Waals surface area contributed by atoms with Crippen LogP contribution >= 0.6 is 11.3 Å². The molecule has 0 N–H and O–H groups in total. The monoisotopic (exact) mass is 763 g/mol. The Hall–Kier alpha value is -3.78. The number of thiophene rings is 1. The molecule has 0 spiro atoms. The van der Waals surface area contributed by atoms with Crippen LogP contribution in [0, 0.1) is 6.92 Å². The van der Waals surface area contributed by atoms with Gasteiger partial charge in [0.05, 0.1) is 17.2 Å². The van der Waals surface area contributed by atoms with Crippen molar-refractivity contribution in [3.05, 3.63) is 81.3 Å². The molecule has 14 heteroatoms. The quantitative estimate of drug-likeness (QED) is 0.191. The van der Waals surface area contributed by atoms with Crippen LogP contribution in [0.3, 0.4) is 0 Å². The molecule has 2 aliphatic rings. The molecule has 0 saturated carbocycles. The minimum absolute atomic E-state index is 0. The van der Waals surface area contributed by atoms with Gasteiger partial charge in [0, 0.05) is 61.4 Å².